The highest BCUT2D eigenvalue weighted by molar-refractivity contribution is 4.84. The van der Waals surface area contributed by atoms with Gasteiger partial charge in [0.15, 0.2) is 0 Å². The van der Waals surface area contributed by atoms with Crippen molar-refractivity contribution >= 4 is 0 Å². The average molecular weight is 282 g/mol. The smallest absolute Gasteiger partial charge is 0.0795 e. The molecule has 0 aliphatic carbocycles. The molecule has 0 aliphatic rings. The standard InChI is InChI=1S/C17H30O3/c1-2-3-4-5-6-7-8-9-10-11-12-13-16(19)14-17(20)15-18/h1,11-12,16-20H,3-10,13-15H2/b12-11+/t16-,17-/m1/s1. The Labute approximate surface area is 123 Å². The Bertz CT molecular complexity index is 268. The molecule has 0 saturated heterocycles. The van der Waals surface area contributed by atoms with Crippen LogP contribution in [0.15, 0.2) is 12.2 Å². The van der Waals surface area contributed by atoms with Crippen LogP contribution in [0.4, 0.5) is 0 Å². The van der Waals surface area contributed by atoms with Gasteiger partial charge in [0.1, 0.15) is 0 Å². The molecule has 0 aromatic heterocycles. The minimum atomic E-state index is -0.812. The van der Waals surface area contributed by atoms with Crippen molar-refractivity contribution in [2.45, 2.75) is 76.4 Å². The molecule has 0 aromatic carbocycles. The average Bonchev–Trinajstić information content (AvgIpc) is 2.44. The van der Waals surface area contributed by atoms with Gasteiger partial charge in [0.25, 0.3) is 0 Å². The molecule has 0 unspecified atom stereocenters. The molecule has 3 nitrogen and oxygen atoms in total. The highest BCUT2D eigenvalue weighted by atomic mass is 16.3. The Hall–Kier alpha value is -0.820. The number of unbranched alkanes of at least 4 members (excludes halogenated alkanes) is 7. The molecular formula is C17H30O3. The third-order valence-electron chi connectivity index (χ3n) is 3.27. The van der Waals surface area contributed by atoms with E-state index in [2.05, 4.69) is 12.0 Å². The van der Waals surface area contributed by atoms with Crippen molar-refractivity contribution in [1.82, 2.24) is 0 Å². The van der Waals surface area contributed by atoms with Gasteiger partial charge in [-0.15, -0.1) is 12.3 Å². The van der Waals surface area contributed by atoms with Gasteiger partial charge < -0.3 is 15.3 Å². The SMILES string of the molecule is C#CCCCCCCCC/C=C/C[C@@H](O)C[C@@H](O)CO. The normalized spacial score (nSPS) is 14.3. The predicted molar refractivity (Wildman–Crippen MR) is 83.2 cm³/mol. The van der Waals surface area contributed by atoms with E-state index in [-0.39, 0.29) is 13.0 Å². The molecule has 0 radical (unpaired) electrons. The van der Waals surface area contributed by atoms with E-state index in [9.17, 15) is 5.11 Å². The molecule has 0 spiro atoms. The van der Waals surface area contributed by atoms with Crippen LogP contribution in [0.2, 0.25) is 0 Å². The van der Waals surface area contributed by atoms with Crippen LogP contribution < -0.4 is 0 Å². The van der Waals surface area contributed by atoms with Crippen LogP contribution in [-0.4, -0.2) is 34.1 Å². The van der Waals surface area contributed by atoms with E-state index in [0.29, 0.717) is 6.42 Å². The minimum Gasteiger partial charge on any atom is -0.394 e. The van der Waals surface area contributed by atoms with Crippen LogP contribution in [0.5, 0.6) is 0 Å². The van der Waals surface area contributed by atoms with Gasteiger partial charge in [-0.1, -0.05) is 37.8 Å². The largest absolute Gasteiger partial charge is 0.394 e. The summed E-state index contributed by atoms with van der Waals surface area (Å²) in [5.41, 5.74) is 0. The number of hydrogen-bond acceptors (Lipinski definition) is 3. The molecule has 2 atom stereocenters. The fourth-order valence-electron chi connectivity index (χ4n) is 2.05. The Balaban J connectivity index is 3.29. The van der Waals surface area contributed by atoms with Gasteiger partial charge in [0.05, 0.1) is 18.8 Å². The van der Waals surface area contributed by atoms with Crippen LogP contribution in [-0.2, 0) is 0 Å². The quantitative estimate of drug-likeness (QED) is 0.276. The zero-order valence-electron chi connectivity index (χ0n) is 12.5. The molecule has 0 aromatic rings. The molecule has 116 valence electrons. The molecule has 3 heteroatoms. The van der Waals surface area contributed by atoms with Crippen molar-refractivity contribution in [3.63, 3.8) is 0 Å². The van der Waals surface area contributed by atoms with Crippen molar-refractivity contribution in [2.24, 2.45) is 0 Å². The lowest BCUT2D eigenvalue weighted by molar-refractivity contribution is 0.0428. The third kappa shape index (κ3) is 13.6. The third-order valence-corrected chi connectivity index (χ3v) is 3.27. The Morgan fingerprint density at radius 1 is 0.900 bits per heavy atom. The molecule has 0 aliphatic heterocycles. The van der Waals surface area contributed by atoms with Crippen LogP contribution in [0, 0.1) is 12.3 Å². The van der Waals surface area contributed by atoms with E-state index in [0.717, 1.165) is 19.3 Å². The van der Waals surface area contributed by atoms with Gasteiger partial charge in [0.2, 0.25) is 0 Å². The lowest BCUT2D eigenvalue weighted by atomic mass is 10.1. The monoisotopic (exact) mass is 282 g/mol. The van der Waals surface area contributed by atoms with E-state index in [1.54, 1.807) is 0 Å². The topological polar surface area (TPSA) is 60.7 Å². The second-order valence-corrected chi connectivity index (χ2v) is 5.30. The van der Waals surface area contributed by atoms with Crippen molar-refractivity contribution in [3.05, 3.63) is 12.2 Å². The molecular weight excluding hydrogens is 252 g/mol. The van der Waals surface area contributed by atoms with Crippen LogP contribution >= 0.6 is 0 Å². The van der Waals surface area contributed by atoms with E-state index in [1.807, 2.05) is 6.08 Å². The van der Waals surface area contributed by atoms with Crippen molar-refractivity contribution < 1.29 is 15.3 Å². The maximum atomic E-state index is 9.56. The summed E-state index contributed by atoms with van der Waals surface area (Å²) in [7, 11) is 0. The summed E-state index contributed by atoms with van der Waals surface area (Å²) in [6.45, 7) is -0.290. The Morgan fingerprint density at radius 3 is 2.20 bits per heavy atom. The predicted octanol–water partition coefficient (Wildman–Crippen LogP) is 2.79. The minimum absolute atomic E-state index is 0.235. The molecule has 0 rings (SSSR count). The van der Waals surface area contributed by atoms with Gasteiger partial charge in [-0.25, -0.2) is 0 Å². The van der Waals surface area contributed by atoms with E-state index < -0.39 is 12.2 Å². The van der Waals surface area contributed by atoms with Crippen molar-refractivity contribution in [3.8, 4) is 12.3 Å². The molecule has 3 N–H and O–H groups in total. The molecule has 0 fully saturated rings. The number of hydrogen-bond donors (Lipinski definition) is 3. The summed E-state index contributed by atoms with van der Waals surface area (Å²) in [5, 5.41) is 27.4. The molecule has 0 bridgehead atoms. The van der Waals surface area contributed by atoms with Crippen LogP contribution in [0.1, 0.15) is 64.2 Å². The lowest BCUT2D eigenvalue weighted by Crippen LogP contribution is -2.20. The number of terminal acetylenes is 1. The zero-order valence-corrected chi connectivity index (χ0v) is 12.5. The first kappa shape index (κ1) is 19.2. The molecule has 0 saturated carbocycles. The van der Waals surface area contributed by atoms with E-state index in [1.165, 1.54) is 32.1 Å². The summed E-state index contributed by atoms with van der Waals surface area (Å²) in [4.78, 5) is 0. The summed E-state index contributed by atoms with van der Waals surface area (Å²) in [6.07, 6.45) is 17.9. The lowest BCUT2D eigenvalue weighted by Gasteiger charge is -2.11. The molecule has 20 heavy (non-hydrogen) atoms. The summed E-state index contributed by atoms with van der Waals surface area (Å²) < 4.78 is 0. The first-order valence-corrected chi connectivity index (χ1v) is 7.76. The number of aliphatic hydroxyl groups is 3. The van der Waals surface area contributed by atoms with Crippen molar-refractivity contribution in [2.75, 3.05) is 6.61 Å². The summed E-state index contributed by atoms with van der Waals surface area (Å²) in [5.74, 6) is 2.66. The maximum Gasteiger partial charge on any atom is 0.0795 e. The second-order valence-electron chi connectivity index (χ2n) is 5.30. The van der Waals surface area contributed by atoms with Gasteiger partial charge in [0, 0.05) is 12.8 Å². The number of rotatable bonds is 13. The van der Waals surface area contributed by atoms with E-state index >= 15 is 0 Å². The molecule has 0 amide bonds. The fourth-order valence-corrected chi connectivity index (χ4v) is 2.05. The van der Waals surface area contributed by atoms with Gasteiger partial charge in [-0.2, -0.15) is 0 Å². The van der Waals surface area contributed by atoms with Crippen LogP contribution in [0.25, 0.3) is 0 Å². The number of allylic oxidation sites excluding steroid dienone is 1. The second kappa shape index (κ2) is 14.6. The van der Waals surface area contributed by atoms with Gasteiger partial charge in [-0.3, -0.25) is 0 Å². The Kier molecular flexibility index (Phi) is 14.0. The summed E-state index contributed by atoms with van der Waals surface area (Å²) >= 11 is 0. The van der Waals surface area contributed by atoms with E-state index in [4.69, 9.17) is 16.6 Å². The number of aliphatic hydroxyl groups excluding tert-OH is 3. The highest BCUT2D eigenvalue weighted by Gasteiger charge is 2.08. The maximum absolute atomic E-state index is 9.56. The van der Waals surface area contributed by atoms with Crippen molar-refractivity contribution in [1.29, 1.82) is 0 Å². The first-order chi connectivity index (χ1) is 9.70. The molecule has 0 heterocycles. The van der Waals surface area contributed by atoms with Gasteiger partial charge >= 0.3 is 0 Å². The zero-order chi connectivity index (χ0) is 15.1. The Morgan fingerprint density at radius 2 is 1.55 bits per heavy atom. The first-order valence-electron chi connectivity index (χ1n) is 7.76. The van der Waals surface area contributed by atoms with Crippen LogP contribution in [0.3, 0.4) is 0 Å². The fraction of sp³-hybridized carbons (Fsp3) is 0.765. The summed E-state index contributed by atoms with van der Waals surface area (Å²) in [6, 6.07) is 0. The highest BCUT2D eigenvalue weighted by Crippen LogP contribution is 2.09. The van der Waals surface area contributed by atoms with Gasteiger partial charge in [-0.05, 0) is 25.7 Å².